The van der Waals surface area contributed by atoms with Gasteiger partial charge in [0.1, 0.15) is 0 Å². The minimum Gasteiger partial charge on any atom is -0.196 e. The van der Waals surface area contributed by atoms with Gasteiger partial charge < -0.3 is 0 Å². The van der Waals surface area contributed by atoms with Crippen molar-refractivity contribution >= 4 is 10.8 Å². The second-order valence-corrected chi connectivity index (χ2v) is 11.3. The summed E-state index contributed by atoms with van der Waals surface area (Å²) >= 11 is 0. The van der Waals surface area contributed by atoms with E-state index in [9.17, 15) is 0 Å². The molecule has 36 heavy (non-hydrogen) atoms. The van der Waals surface area contributed by atoms with Gasteiger partial charge in [0.15, 0.2) is 0 Å². The van der Waals surface area contributed by atoms with E-state index in [-0.39, 0.29) is 25.8 Å². The zero-order chi connectivity index (χ0) is 25.3. The summed E-state index contributed by atoms with van der Waals surface area (Å²) in [6.07, 6.45) is 6.25. The van der Waals surface area contributed by atoms with Crippen LogP contribution in [0.25, 0.3) is 10.8 Å². The molecule has 5 rings (SSSR count). The first-order chi connectivity index (χ1) is 16.7. The molecule has 0 fully saturated rings. The van der Waals surface area contributed by atoms with E-state index in [1.807, 2.05) is 0 Å². The molecule has 1 unspecified atom stereocenters. The molecule has 0 aliphatic heterocycles. The maximum absolute atomic E-state index is 2.52. The monoisotopic (exact) mass is 644 g/mol. The van der Waals surface area contributed by atoms with E-state index in [4.69, 9.17) is 0 Å². The van der Waals surface area contributed by atoms with Crippen LogP contribution in [0.3, 0.4) is 0 Å². The van der Waals surface area contributed by atoms with Crippen molar-refractivity contribution in [2.45, 2.75) is 93.4 Å². The van der Waals surface area contributed by atoms with Crippen molar-refractivity contribution < 1.29 is 25.8 Å². The zero-order valence-corrected chi connectivity index (χ0v) is 27.4. The Balaban J connectivity index is 0.000000278. The quantitative estimate of drug-likeness (QED) is 0.150. The van der Waals surface area contributed by atoms with Crippen LogP contribution in [-0.2, 0) is 45.1 Å². The van der Waals surface area contributed by atoms with Crippen molar-refractivity contribution in [3.8, 4) is 0 Å². The molecule has 0 N–H and O–H groups in total. The topological polar surface area (TPSA) is 0 Å². The fraction of sp³-hybridized carbons (Fsp3) is 0.429. The Hall–Kier alpha value is -1.73. The van der Waals surface area contributed by atoms with E-state index in [1.54, 1.807) is 11.1 Å². The Kier molecular flexibility index (Phi) is 9.42. The Bertz CT molecular complexity index is 1210. The summed E-state index contributed by atoms with van der Waals surface area (Å²) in [6.45, 7) is 18.1. The van der Waals surface area contributed by atoms with Crippen molar-refractivity contribution in [3.05, 3.63) is 105 Å². The van der Waals surface area contributed by atoms with Crippen LogP contribution in [0.5, 0.6) is 0 Å². The minimum atomic E-state index is 0. The molecule has 0 radical (unpaired) electrons. The van der Waals surface area contributed by atoms with Crippen LogP contribution in [-0.4, -0.2) is 0 Å². The summed E-state index contributed by atoms with van der Waals surface area (Å²) in [4.78, 5) is 0. The van der Waals surface area contributed by atoms with Gasteiger partial charge in [-0.2, -0.15) is 33.9 Å². The molecule has 1 atom stereocenters. The molecule has 0 saturated carbocycles. The minimum absolute atomic E-state index is 0. The maximum Gasteiger partial charge on any atom is 0 e. The molecule has 1 heteroatoms. The molecule has 4 aromatic rings. The predicted octanol–water partition coefficient (Wildman–Crippen LogP) is 9.75. The Morgan fingerprint density at radius 3 is 1.89 bits per heavy atom. The van der Waals surface area contributed by atoms with Gasteiger partial charge in [0.05, 0.1) is 0 Å². The number of rotatable bonds is 5. The molecular weight excluding hydrogens is 599 g/mol. The van der Waals surface area contributed by atoms with E-state index in [1.165, 1.54) is 75.4 Å². The third kappa shape index (κ3) is 5.57. The second-order valence-electron chi connectivity index (χ2n) is 11.3. The van der Waals surface area contributed by atoms with Crippen molar-refractivity contribution in [2.75, 3.05) is 0 Å². The second kappa shape index (κ2) is 11.8. The van der Waals surface area contributed by atoms with Crippen LogP contribution in [0.2, 0.25) is 0 Å². The van der Waals surface area contributed by atoms with Gasteiger partial charge in [0, 0.05) is 25.8 Å². The van der Waals surface area contributed by atoms with E-state index in [0.29, 0.717) is 11.3 Å². The van der Waals surface area contributed by atoms with Crippen molar-refractivity contribution in [1.82, 2.24) is 0 Å². The molecule has 0 saturated heterocycles. The van der Waals surface area contributed by atoms with Crippen molar-refractivity contribution in [1.29, 1.82) is 0 Å². The smallest absolute Gasteiger partial charge is 0 e. The third-order valence-corrected chi connectivity index (χ3v) is 9.52. The van der Waals surface area contributed by atoms with Gasteiger partial charge in [-0.1, -0.05) is 103 Å². The van der Waals surface area contributed by atoms with E-state index in [2.05, 4.69) is 110 Å². The van der Waals surface area contributed by atoms with Gasteiger partial charge in [-0.25, -0.2) is 0 Å². The molecule has 1 aliphatic rings. The first kappa shape index (κ1) is 28.8. The van der Waals surface area contributed by atoms with E-state index >= 15 is 0 Å². The molecule has 0 amide bonds. The van der Waals surface area contributed by atoms with Crippen LogP contribution >= 0.6 is 0 Å². The third-order valence-electron chi connectivity index (χ3n) is 9.52. The molecule has 0 heterocycles. The van der Waals surface area contributed by atoms with Crippen molar-refractivity contribution in [2.24, 2.45) is 5.41 Å². The summed E-state index contributed by atoms with van der Waals surface area (Å²) in [5, 5.41) is 2.93. The van der Waals surface area contributed by atoms with Crippen LogP contribution in [0, 0.1) is 40.0 Å². The zero-order valence-electron chi connectivity index (χ0n) is 23.8. The standard InChI is InChI=1S/C25H29.C10H15.Hf/c1-4-25(5-2)16-22-14-21-12-11-20(24(21)15-23(22)17-25)13-18(3)19-9-7-6-8-10-19;1-6-7(2)9(4)10(5)8(6)3;/h6-12,14-15,18H,4-5,13,16-17H2,1-3H3;1-5H3;/q2*-1;. The average molecular weight is 643 g/mol. The molecular formula is C35H44Hf-2. The van der Waals surface area contributed by atoms with E-state index < -0.39 is 0 Å². The van der Waals surface area contributed by atoms with Crippen LogP contribution in [0.1, 0.15) is 89.6 Å². The Morgan fingerprint density at radius 1 is 0.833 bits per heavy atom. The first-order valence-corrected chi connectivity index (χ1v) is 13.6. The number of benzene rings is 2. The molecule has 190 valence electrons. The van der Waals surface area contributed by atoms with Gasteiger partial charge in [0.25, 0.3) is 0 Å². The maximum atomic E-state index is 2.52. The molecule has 0 aromatic heterocycles. The molecule has 1 aliphatic carbocycles. The average Bonchev–Trinajstić information content (AvgIpc) is 3.50. The Labute approximate surface area is 239 Å². The van der Waals surface area contributed by atoms with Gasteiger partial charge in [-0.3, -0.25) is 0 Å². The summed E-state index contributed by atoms with van der Waals surface area (Å²) in [7, 11) is 0. The fourth-order valence-electron chi connectivity index (χ4n) is 6.17. The number of hydrogen-bond acceptors (Lipinski definition) is 0. The summed E-state index contributed by atoms with van der Waals surface area (Å²) in [5.74, 6) is 0.561. The molecule has 0 spiro atoms. The van der Waals surface area contributed by atoms with Gasteiger partial charge in [-0.15, -0.1) is 34.5 Å². The summed E-state index contributed by atoms with van der Waals surface area (Å²) in [5.41, 5.74) is 14.0. The number of hydrogen-bond donors (Lipinski definition) is 0. The van der Waals surface area contributed by atoms with E-state index in [0.717, 1.165) is 6.42 Å². The largest absolute Gasteiger partial charge is 0.196 e. The van der Waals surface area contributed by atoms with Gasteiger partial charge in [0.2, 0.25) is 0 Å². The van der Waals surface area contributed by atoms with Gasteiger partial charge >= 0.3 is 0 Å². The Morgan fingerprint density at radius 2 is 1.39 bits per heavy atom. The van der Waals surface area contributed by atoms with Crippen LogP contribution in [0.4, 0.5) is 0 Å². The number of fused-ring (bicyclic) bond motifs is 2. The normalized spacial score (nSPS) is 14.7. The molecule has 4 aromatic carbocycles. The van der Waals surface area contributed by atoms with Crippen LogP contribution < -0.4 is 0 Å². The predicted molar refractivity (Wildman–Crippen MR) is 154 cm³/mol. The molecule has 0 nitrogen and oxygen atoms in total. The SMILES string of the molecule is CCC1(CC)Cc2cc3cc[c-](CC(C)c4ccccc4)c3cc2C1.Cc1c(C)c(C)[c-](C)c1C.[Hf]. The first-order valence-electron chi connectivity index (χ1n) is 13.6. The van der Waals surface area contributed by atoms with Gasteiger partial charge in [-0.05, 0) is 42.6 Å². The fourth-order valence-corrected chi connectivity index (χ4v) is 6.17. The summed E-state index contributed by atoms with van der Waals surface area (Å²) in [6, 6.07) is 20.6. The molecule has 0 bridgehead atoms. The van der Waals surface area contributed by atoms with Crippen molar-refractivity contribution in [3.63, 3.8) is 0 Å². The summed E-state index contributed by atoms with van der Waals surface area (Å²) < 4.78 is 0. The van der Waals surface area contributed by atoms with Crippen LogP contribution in [0.15, 0.2) is 54.6 Å².